The number of carbonyl (C=O) groups is 2. The fourth-order valence-corrected chi connectivity index (χ4v) is 3.90. The molecule has 134 valence electrons. The van der Waals surface area contributed by atoms with E-state index in [0.717, 1.165) is 39.4 Å². The van der Waals surface area contributed by atoms with Crippen molar-refractivity contribution in [3.05, 3.63) is 46.9 Å². The molecule has 1 amide bonds. The second kappa shape index (κ2) is 7.88. The number of hydrogen-bond acceptors (Lipinski definition) is 5. The molecular weight excluding hydrogens is 370 g/mol. The Kier molecular flexibility index (Phi) is 5.58. The molecule has 0 radical (unpaired) electrons. The fraction of sp³-hybridized carbons (Fsp3) is 0.211. The molecule has 0 unspecified atom stereocenters. The summed E-state index contributed by atoms with van der Waals surface area (Å²) in [6.07, 6.45) is 2.61. The molecule has 1 saturated heterocycles. The second-order valence-electron chi connectivity index (χ2n) is 5.71. The zero-order valence-corrected chi connectivity index (χ0v) is 15.7. The Morgan fingerprint density at radius 2 is 2.08 bits per heavy atom. The van der Waals surface area contributed by atoms with Crippen LogP contribution in [-0.4, -0.2) is 39.4 Å². The number of carboxylic acid groups (broad SMARTS) is 1. The topological polar surface area (TPSA) is 66.8 Å². The number of thioether (sulfide) groups is 1. The number of ether oxygens (including phenoxy) is 1. The fourth-order valence-electron chi connectivity index (χ4n) is 2.67. The third-order valence-corrected chi connectivity index (χ3v) is 5.21. The molecule has 1 heterocycles. The van der Waals surface area contributed by atoms with Crippen LogP contribution in [-0.2, 0) is 9.59 Å². The van der Waals surface area contributed by atoms with Crippen molar-refractivity contribution in [3.8, 4) is 5.75 Å². The normalized spacial score (nSPS) is 15.9. The summed E-state index contributed by atoms with van der Waals surface area (Å²) in [6.45, 7) is 2.16. The van der Waals surface area contributed by atoms with E-state index in [1.807, 2.05) is 43.3 Å². The molecule has 3 rings (SSSR count). The largest absolute Gasteiger partial charge is 0.493 e. The number of carboxylic acids is 1. The van der Waals surface area contributed by atoms with E-state index >= 15 is 0 Å². The van der Waals surface area contributed by atoms with Gasteiger partial charge >= 0.3 is 5.97 Å². The van der Waals surface area contributed by atoms with Gasteiger partial charge in [0.2, 0.25) is 0 Å². The SMILES string of the molecule is CCCOc1ccc2ccccc2c1/C=C1/SC(=S)N(CC(=O)O)C1=O. The maximum atomic E-state index is 12.6. The summed E-state index contributed by atoms with van der Waals surface area (Å²) in [7, 11) is 0. The van der Waals surface area contributed by atoms with E-state index < -0.39 is 18.4 Å². The third kappa shape index (κ3) is 3.73. The van der Waals surface area contributed by atoms with Crippen LogP contribution >= 0.6 is 24.0 Å². The summed E-state index contributed by atoms with van der Waals surface area (Å²) in [5, 5.41) is 11.0. The quantitative estimate of drug-likeness (QED) is 0.599. The lowest BCUT2D eigenvalue weighted by Gasteiger charge is -2.12. The third-order valence-electron chi connectivity index (χ3n) is 3.83. The zero-order chi connectivity index (χ0) is 18.7. The first-order valence-corrected chi connectivity index (χ1v) is 9.35. The highest BCUT2D eigenvalue weighted by Crippen LogP contribution is 2.36. The highest BCUT2D eigenvalue weighted by Gasteiger charge is 2.33. The van der Waals surface area contributed by atoms with E-state index in [9.17, 15) is 9.59 Å². The van der Waals surface area contributed by atoms with Crippen LogP contribution in [0.4, 0.5) is 0 Å². The van der Waals surface area contributed by atoms with Crippen molar-refractivity contribution >= 4 is 57.0 Å². The van der Waals surface area contributed by atoms with Gasteiger partial charge in [-0.2, -0.15) is 0 Å². The average molecular weight is 387 g/mol. The van der Waals surface area contributed by atoms with Crippen molar-refractivity contribution in [2.75, 3.05) is 13.2 Å². The van der Waals surface area contributed by atoms with Gasteiger partial charge in [-0.1, -0.05) is 61.2 Å². The minimum absolute atomic E-state index is 0.250. The van der Waals surface area contributed by atoms with E-state index in [4.69, 9.17) is 22.1 Å². The maximum Gasteiger partial charge on any atom is 0.323 e. The number of nitrogens with zero attached hydrogens (tertiary/aromatic N) is 1. The number of rotatable bonds is 6. The van der Waals surface area contributed by atoms with E-state index in [1.54, 1.807) is 6.08 Å². The van der Waals surface area contributed by atoms with E-state index in [-0.39, 0.29) is 4.32 Å². The van der Waals surface area contributed by atoms with Crippen molar-refractivity contribution in [2.24, 2.45) is 0 Å². The number of hydrogen-bond donors (Lipinski definition) is 1. The van der Waals surface area contributed by atoms with Crippen LogP contribution in [0.1, 0.15) is 18.9 Å². The van der Waals surface area contributed by atoms with Gasteiger partial charge in [0.25, 0.3) is 5.91 Å². The van der Waals surface area contributed by atoms with Gasteiger partial charge in [-0.3, -0.25) is 14.5 Å². The predicted molar refractivity (Wildman–Crippen MR) is 107 cm³/mol. The summed E-state index contributed by atoms with van der Waals surface area (Å²) in [6, 6.07) is 11.7. The first-order chi connectivity index (χ1) is 12.5. The molecule has 7 heteroatoms. The Hall–Kier alpha value is -2.38. The van der Waals surface area contributed by atoms with Crippen molar-refractivity contribution in [1.29, 1.82) is 0 Å². The van der Waals surface area contributed by atoms with E-state index in [1.165, 1.54) is 0 Å². The summed E-state index contributed by atoms with van der Waals surface area (Å²) in [4.78, 5) is 25.0. The van der Waals surface area contributed by atoms with Gasteiger partial charge < -0.3 is 9.84 Å². The molecule has 0 aliphatic carbocycles. The number of fused-ring (bicyclic) bond motifs is 1. The van der Waals surface area contributed by atoms with E-state index in [2.05, 4.69) is 0 Å². The molecule has 1 aliphatic heterocycles. The Balaban J connectivity index is 2.06. The van der Waals surface area contributed by atoms with Crippen LogP contribution in [0.15, 0.2) is 41.3 Å². The monoisotopic (exact) mass is 387 g/mol. The molecule has 2 aromatic carbocycles. The number of thiocarbonyl (C=S) groups is 1. The van der Waals surface area contributed by atoms with Crippen molar-refractivity contribution in [1.82, 2.24) is 4.90 Å². The van der Waals surface area contributed by atoms with Crippen LogP contribution in [0.25, 0.3) is 16.8 Å². The molecule has 2 aromatic rings. The lowest BCUT2D eigenvalue weighted by Crippen LogP contribution is -2.33. The number of amides is 1. The standard InChI is InChI=1S/C19H17NO4S2/c1-2-9-24-15-8-7-12-5-3-4-6-13(12)14(15)10-16-18(23)20(11-17(21)22)19(25)26-16/h3-8,10H,2,9,11H2,1H3,(H,21,22)/b16-10+. The highest BCUT2D eigenvalue weighted by molar-refractivity contribution is 8.26. The Morgan fingerprint density at radius 3 is 2.81 bits per heavy atom. The molecule has 1 N–H and O–H groups in total. The van der Waals surface area contributed by atoms with Crippen LogP contribution in [0.3, 0.4) is 0 Å². The maximum absolute atomic E-state index is 12.6. The zero-order valence-electron chi connectivity index (χ0n) is 14.1. The summed E-state index contributed by atoms with van der Waals surface area (Å²) in [5.41, 5.74) is 0.798. The van der Waals surface area contributed by atoms with Crippen molar-refractivity contribution in [3.63, 3.8) is 0 Å². The molecule has 0 bridgehead atoms. The van der Waals surface area contributed by atoms with Gasteiger partial charge in [-0.05, 0) is 29.3 Å². The summed E-state index contributed by atoms with van der Waals surface area (Å²) in [5.74, 6) is -0.800. The van der Waals surface area contributed by atoms with Crippen LogP contribution in [0, 0.1) is 0 Å². The van der Waals surface area contributed by atoms with Gasteiger partial charge in [0.05, 0.1) is 11.5 Å². The lowest BCUT2D eigenvalue weighted by atomic mass is 10.0. The summed E-state index contributed by atoms with van der Waals surface area (Å²) >= 11 is 6.27. The lowest BCUT2D eigenvalue weighted by molar-refractivity contribution is -0.140. The number of aliphatic carboxylic acids is 1. The molecule has 0 aromatic heterocycles. The average Bonchev–Trinajstić information content (AvgIpc) is 2.88. The van der Waals surface area contributed by atoms with Gasteiger partial charge in [0.1, 0.15) is 16.6 Å². The Morgan fingerprint density at radius 1 is 1.31 bits per heavy atom. The highest BCUT2D eigenvalue weighted by atomic mass is 32.2. The molecular formula is C19H17NO4S2. The van der Waals surface area contributed by atoms with Crippen molar-refractivity contribution in [2.45, 2.75) is 13.3 Å². The first-order valence-electron chi connectivity index (χ1n) is 8.13. The molecule has 0 spiro atoms. The van der Waals surface area contributed by atoms with Gasteiger partial charge in [0.15, 0.2) is 0 Å². The van der Waals surface area contributed by atoms with Crippen molar-refractivity contribution < 1.29 is 19.4 Å². The molecule has 0 atom stereocenters. The molecule has 1 fully saturated rings. The molecule has 26 heavy (non-hydrogen) atoms. The van der Waals surface area contributed by atoms with Crippen LogP contribution in [0.2, 0.25) is 0 Å². The second-order valence-corrected chi connectivity index (χ2v) is 7.38. The summed E-state index contributed by atoms with van der Waals surface area (Å²) < 4.78 is 6.10. The molecule has 0 saturated carbocycles. The Labute approximate surface area is 160 Å². The van der Waals surface area contributed by atoms with Gasteiger partial charge in [-0.15, -0.1) is 0 Å². The minimum atomic E-state index is -1.10. The minimum Gasteiger partial charge on any atom is -0.493 e. The van der Waals surface area contributed by atoms with Gasteiger partial charge in [-0.25, -0.2) is 0 Å². The first kappa shape index (κ1) is 18.4. The molecule has 1 aliphatic rings. The van der Waals surface area contributed by atoms with E-state index in [0.29, 0.717) is 17.3 Å². The van der Waals surface area contributed by atoms with Gasteiger partial charge in [0, 0.05) is 5.56 Å². The van der Waals surface area contributed by atoms with Crippen LogP contribution in [0.5, 0.6) is 5.75 Å². The smallest absolute Gasteiger partial charge is 0.323 e. The number of benzene rings is 2. The number of carbonyl (C=O) groups excluding carboxylic acids is 1. The Bertz CT molecular complexity index is 923. The molecule has 5 nitrogen and oxygen atoms in total. The van der Waals surface area contributed by atoms with Crippen LogP contribution < -0.4 is 4.74 Å². The predicted octanol–water partition coefficient (Wildman–Crippen LogP) is 3.91.